The van der Waals surface area contributed by atoms with Crippen LogP contribution in [0.5, 0.6) is 11.5 Å². The molecule has 0 radical (unpaired) electrons. The van der Waals surface area contributed by atoms with Gasteiger partial charge in [0.05, 0.1) is 18.4 Å². The number of ether oxygens (including phenoxy) is 3. The number of amides is 1. The van der Waals surface area contributed by atoms with E-state index in [1.165, 1.54) is 55.6 Å². The number of carbonyl (C=O) groups is 2. The van der Waals surface area contributed by atoms with Crippen molar-refractivity contribution in [1.82, 2.24) is 0 Å². The predicted molar refractivity (Wildman–Crippen MR) is 108 cm³/mol. The molecule has 0 atom stereocenters. The van der Waals surface area contributed by atoms with E-state index in [1.807, 2.05) is 0 Å². The van der Waals surface area contributed by atoms with Gasteiger partial charge >= 0.3 is 5.97 Å². The zero-order chi connectivity index (χ0) is 22.0. The summed E-state index contributed by atoms with van der Waals surface area (Å²) in [6, 6.07) is 13.0. The van der Waals surface area contributed by atoms with E-state index in [-0.39, 0.29) is 18.2 Å². The smallest absolute Gasteiger partial charge is 0.337 e. The number of benzene rings is 2. The number of anilines is 2. The molecule has 0 bridgehead atoms. The lowest BCUT2D eigenvalue weighted by Crippen LogP contribution is -2.13. The van der Waals surface area contributed by atoms with Crippen molar-refractivity contribution in [2.75, 3.05) is 23.9 Å². The summed E-state index contributed by atoms with van der Waals surface area (Å²) in [7, 11) is -2.81. The van der Waals surface area contributed by atoms with Crippen LogP contribution in [0, 0.1) is 0 Å². The Labute approximate surface area is 176 Å². The van der Waals surface area contributed by atoms with Gasteiger partial charge in [0.1, 0.15) is 0 Å². The lowest BCUT2D eigenvalue weighted by atomic mass is 10.2. The minimum atomic E-state index is -4.08. The highest BCUT2D eigenvalue weighted by Gasteiger charge is 2.23. The molecule has 0 spiro atoms. The molecular weight excluding hydrogens is 428 g/mol. The Bertz CT molecular complexity index is 1250. The Kier molecular flexibility index (Phi) is 5.26. The number of furan rings is 1. The summed E-state index contributed by atoms with van der Waals surface area (Å²) in [5.74, 6) is -0.440. The van der Waals surface area contributed by atoms with Gasteiger partial charge in [-0.15, -0.1) is 0 Å². The molecule has 0 saturated heterocycles. The van der Waals surface area contributed by atoms with Gasteiger partial charge in [-0.1, -0.05) is 0 Å². The summed E-state index contributed by atoms with van der Waals surface area (Å²) in [6.45, 7) is 0.0631. The molecule has 0 unspecified atom stereocenters. The molecule has 0 fully saturated rings. The number of methoxy groups -OCH3 is 1. The van der Waals surface area contributed by atoms with Crippen molar-refractivity contribution in [1.29, 1.82) is 0 Å². The fourth-order valence-electron chi connectivity index (χ4n) is 2.75. The molecular formula is C20H16N2O8S. The molecule has 2 N–H and O–H groups in total. The molecule has 1 amide bonds. The van der Waals surface area contributed by atoms with Gasteiger partial charge in [-0.25, -0.2) is 4.79 Å². The van der Waals surface area contributed by atoms with E-state index in [0.717, 1.165) is 0 Å². The van der Waals surface area contributed by atoms with Crippen molar-refractivity contribution >= 4 is 33.3 Å². The molecule has 1 aromatic heterocycles. The van der Waals surface area contributed by atoms with E-state index in [9.17, 15) is 18.0 Å². The van der Waals surface area contributed by atoms with E-state index in [4.69, 9.17) is 13.9 Å². The average molecular weight is 444 g/mol. The largest absolute Gasteiger partial charge is 0.465 e. The van der Waals surface area contributed by atoms with Crippen molar-refractivity contribution in [3.63, 3.8) is 0 Å². The summed E-state index contributed by atoms with van der Waals surface area (Å²) in [5.41, 5.74) is 0.954. The molecule has 2 aromatic carbocycles. The number of carbonyl (C=O) groups excluding carboxylic acids is 2. The Balaban J connectivity index is 1.45. The van der Waals surface area contributed by atoms with Crippen LogP contribution in [0.2, 0.25) is 0 Å². The second kappa shape index (κ2) is 8.03. The van der Waals surface area contributed by atoms with Crippen LogP contribution in [0.1, 0.15) is 20.9 Å². The molecule has 2 heterocycles. The number of hydrogen-bond donors (Lipinski definition) is 2. The fraction of sp³-hybridized carbons (Fsp3) is 0.100. The second-order valence-corrected chi connectivity index (χ2v) is 7.93. The molecule has 0 saturated carbocycles. The minimum absolute atomic E-state index is 0.0631. The zero-order valence-electron chi connectivity index (χ0n) is 16.1. The van der Waals surface area contributed by atoms with Crippen LogP contribution in [0.25, 0.3) is 0 Å². The summed E-state index contributed by atoms with van der Waals surface area (Å²) in [4.78, 5) is 23.8. The third-order valence-electron chi connectivity index (χ3n) is 4.26. The second-order valence-electron chi connectivity index (χ2n) is 6.32. The van der Waals surface area contributed by atoms with E-state index in [0.29, 0.717) is 22.7 Å². The quantitative estimate of drug-likeness (QED) is 0.555. The van der Waals surface area contributed by atoms with Crippen molar-refractivity contribution in [2.24, 2.45) is 0 Å². The van der Waals surface area contributed by atoms with Gasteiger partial charge in [0.15, 0.2) is 17.3 Å². The number of hydrogen-bond acceptors (Lipinski definition) is 8. The van der Waals surface area contributed by atoms with Crippen LogP contribution < -0.4 is 19.5 Å². The number of esters is 1. The number of fused-ring (bicyclic) bond motifs is 1. The molecule has 10 nitrogen and oxygen atoms in total. The SMILES string of the molecule is COC(=O)c1ccc(NC(=O)c2ccc(S(=O)(=O)Nc3ccc4c(c3)OCO4)o2)cc1. The van der Waals surface area contributed by atoms with E-state index in [2.05, 4.69) is 14.8 Å². The fourth-order valence-corrected chi connectivity index (χ4v) is 3.74. The van der Waals surface area contributed by atoms with Gasteiger partial charge in [-0.05, 0) is 48.5 Å². The average Bonchev–Trinajstić information content (AvgIpc) is 3.43. The van der Waals surface area contributed by atoms with Gasteiger partial charge in [-0.3, -0.25) is 9.52 Å². The van der Waals surface area contributed by atoms with Crippen LogP contribution in [0.15, 0.2) is 64.1 Å². The van der Waals surface area contributed by atoms with E-state index in [1.54, 1.807) is 6.07 Å². The molecule has 11 heteroatoms. The van der Waals surface area contributed by atoms with Crippen LogP contribution in [0.4, 0.5) is 11.4 Å². The molecule has 31 heavy (non-hydrogen) atoms. The molecule has 0 aliphatic carbocycles. The Hall–Kier alpha value is -3.99. The van der Waals surface area contributed by atoms with Gasteiger partial charge in [0, 0.05) is 11.8 Å². The first-order chi connectivity index (χ1) is 14.9. The summed E-state index contributed by atoms with van der Waals surface area (Å²) in [5, 5.41) is 2.12. The topological polar surface area (TPSA) is 133 Å². The van der Waals surface area contributed by atoms with E-state index < -0.39 is 27.0 Å². The Morgan fingerprint density at radius 3 is 2.39 bits per heavy atom. The predicted octanol–water partition coefficient (Wildman–Crippen LogP) is 2.85. The van der Waals surface area contributed by atoms with Crippen LogP contribution in [-0.2, 0) is 14.8 Å². The number of sulfonamides is 1. The Morgan fingerprint density at radius 1 is 0.935 bits per heavy atom. The highest BCUT2D eigenvalue weighted by atomic mass is 32.2. The van der Waals surface area contributed by atoms with Gasteiger partial charge < -0.3 is 23.9 Å². The number of rotatable bonds is 6. The minimum Gasteiger partial charge on any atom is -0.465 e. The molecule has 1 aliphatic heterocycles. The van der Waals surface area contributed by atoms with Gasteiger partial charge in [0.2, 0.25) is 11.9 Å². The summed E-state index contributed by atoms with van der Waals surface area (Å²) >= 11 is 0. The van der Waals surface area contributed by atoms with Crippen molar-refractivity contribution in [3.8, 4) is 11.5 Å². The highest BCUT2D eigenvalue weighted by Crippen LogP contribution is 2.35. The van der Waals surface area contributed by atoms with E-state index >= 15 is 0 Å². The lowest BCUT2D eigenvalue weighted by molar-refractivity contribution is 0.0600. The maximum Gasteiger partial charge on any atom is 0.337 e. The first-order valence-corrected chi connectivity index (χ1v) is 10.4. The van der Waals surface area contributed by atoms with Gasteiger partial charge in [0.25, 0.3) is 15.9 Å². The van der Waals surface area contributed by atoms with Crippen LogP contribution >= 0.6 is 0 Å². The molecule has 1 aliphatic rings. The summed E-state index contributed by atoms with van der Waals surface area (Å²) < 4.78 is 47.7. The normalized spacial score (nSPS) is 12.3. The molecule has 3 aromatic rings. The van der Waals surface area contributed by atoms with Crippen LogP contribution in [-0.4, -0.2) is 34.2 Å². The van der Waals surface area contributed by atoms with Crippen molar-refractivity contribution < 1.29 is 36.6 Å². The van der Waals surface area contributed by atoms with Crippen molar-refractivity contribution in [2.45, 2.75) is 5.09 Å². The monoisotopic (exact) mass is 444 g/mol. The Morgan fingerprint density at radius 2 is 1.65 bits per heavy atom. The lowest BCUT2D eigenvalue weighted by Gasteiger charge is -2.07. The summed E-state index contributed by atoms with van der Waals surface area (Å²) in [6.07, 6.45) is 0. The first-order valence-electron chi connectivity index (χ1n) is 8.88. The maximum absolute atomic E-state index is 12.6. The highest BCUT2D eigenvalue weighted by molar-refractivity contribution is 7.92. The maximum atomic E-state index is 12.6. The van der Waals surface area contributed by atoms with Crippen molar-refractivity contribution in [3.05, 3.63) is 65.9 Å². The van der Waals surface area contributed by atoms with Crippen LogP contribution in [0.3, 0.4) is 0 Å². The first kappa shape index (κ1) is 20.3. The van der Waals surface area contributed by atoms with Gasteiger partial charge in [-0.2, -0.15) is 8.42 Å². The number of nitrogens with one attached hydrogen (secondary N) is 2. The molecule has 160 valence electrons. The standard InChI is InChI=1S/C20H16N2O8S/c1-27-20(24)12-2-4-13(5-3-12)21-19(23)16-8-9-18(30-16)31(25,26)22-14-6-7-15-17(10-14)29-11-28-15/h2-10,22H,11H2,1H3,(H,21,23). The molecule has 4 rings (SSSR count). The zero-order valence-corrected chi connectivity index (χ0v) is 16.9. The third-order valence-corrected chi connectivity index (χ3v) is 5.51. The third kappa shape index (κ3) is 4.31.